The first-order valence-corrected chi connectivity index (χ1v) is 6.85. The molecule has 0 unspecified atom stereocenters. The molecule has 2 heterocycles. The van der Waals surface area contributed by atoms with Crippen molar-refractivity contribution in [3.63, 3.8) is 0 Å². The van der Waals surface area contributed by atoms with Crippen LogP contribution in [0.25, 0.3) is 11.4 Å². The molecule has 0 bridgehead atoms. The van der Waals surface area contributed by atoms with Gasteiger partial charge in [-0.25, -0.2) is 9.48 Å². The maximum atomic E-state index is 10.8. The number of aromatic nitrogens is 4. The third kappa shape index (κ3) is 2.73. The maximum Gasteiger partial charge on any atom is 0.371 e. The SMILES string of the molecule is CCc1ccc(-c2nnnn2Cc2ccc(C(=O)O)o2)cc1. The molecule has 0 saturated heterocycles. The highest BCUT2D eigenvalue weighted by molar-refractivity contribution is 5.84. The van der Waals surface area contributed by atoms with Gasteiger partial charge in [-0.1, -0.05) is 31.2 Å². The average molecular weight is 298 g/mol. The molecule has 0 saturated carbocycles. The van der Waals surface area contributed by atoms with Crippen molar-refractivity contribution in [2.24, 2.45) is 0 Å². The lowest BCUT2D eigenvalue weighted by molar-refractivity contribution is 0.0660. The molecule has 0 aliphatic heterocycles. The minimum Gasteiger partial charge on any atom is -0.475 e. The average Bonchev–Trinajstić information content (AvgIpc) is 3.17. The van der Waals surface area contributed by atoms with Crippen LogP contribution in [0.1, 0.15) is 28.8 Å². The van der Waals surface area contributed by atoms with Crippen LogP contribution in [0.5, 0.6) is 0 Å². The minimum atomic E-state index is -1.10. The first kappa shape index (κ1) is 14.0. The molecule has 7 heteroatoms. The molecule has 0 atom stereocenters. The van der Waals surface area contributed by atoms with E-state index in [9.17, 15) is 4.79 Å². The van der Waals surface area contributed by atoms with Gasteiger partial charge in [-0.2, -0.15) is 0 Å². The standard InChI is InChI=1S/C15H14N4O3/c1-2-10-3-5-11(6-4-10)14-16-17-18-19(14)9-12-7-8-13(22-12)15(20)21/h3-8H,2,9H2,1H3,(H,20,21). The van der Waals surface area contributed by atoms with E-state index < -0.39 is 5.97 Å². The van der Waals surface area contributed by atoms with E-state index in [1.807, 2.05) is 24.3 Å². The summed E-state index contributed by atoms with van der Waals surface area (Å²) in [5.41, 5.74) is 2.13. The summed E-state index contributed by atoms with van der Waals surface area (Å²) in [6, 6.07) is 11.0. The van der Waals surface area contributed by atoms with Gasteiger partial charge in [-0.3, -0.25) is 0 Å². The number of carboxylic acids is 1. The molecule has 0 amide bonds. The van der Waals surface area contributed by atoms with Crippen molar-refractivity contribution in [2.75, 3.05) is 0 Å². The molecule has 7 nitrogen and oxygen atoms in total. The van der Waals surface area contributed by atoms with Gasteiger partial charge in [0.1, 0.15) is 12.3 Å². The number of furan rings is 1. The van der Waals surface area contributed by atoms with E-state index in [-0.39, 0.29) is 12.3 Å². The number of aryl methyl sites for hydroxylation is 1. The van der Waals surface area contributed by atoms with E-state index in [1.165, 1.54) is 11.6 Å². The first-order chi connectivity index (χ1) is 10.7. The number of benzene rings is 1. The van der Waals surface area contributed by atoms with Crippen LogP contribution < -0.4 is 0 Å². The zero-order valence-electron chi connectivity index (χ0n) is 11.9. The van der Waals surface area contributed by atoms with Gasteiger partial charge in [-0.05, 0) is 34.5 Å². The van der Waals surface area contributed by atoms with Crippen molar-refractivity contribution >= 4 is 5.97 Å². The monoisotopic (exact) mass is 298 g/mol. The minimum absolute atomic E-state index is 0.100. The molecule has 0 fully saturated rings. The second kappa shape index (κ2) is 5.80. The van der Waals surface area contributed by atoms with Crippen LogP contribution in [0.3, 0.4) is 0 Å². The number of aromatic carboxylic acids is 1. The Bertz CT molecular complexity index is 789. The summed E-state index contributed by atoms with van der Waals surface area (Å²) in [4.78, 5) is 10.8. The van der Waals surface area contributed by atoms with Gasteiger partial charge in [-0.15, -0.1) is 5.10 Å². The van der Waals surface area contributed by atoms with E-state index in [1.54, 1.807) is 10.7 Å². The van der Waals surface area contributed by atoms with E-state index in [2.05, 4.69) is 22.4 Å². The highest BCUT2D eigenvalue weighted by Crippen LogP contribution is 2.18. The number of carbonyl (C=O) groups is 1. The molecule has 1 N–H and O–H groups in total. The van der Waals surface area contributed by atoms with Gasteiger partial charge in [0.05, 0.1) is 0 Å². The van der Waals surface area contributed by atoms with E-state index in [0.29, 0.717) is 11.6 Å². The Hall–Kier alpha value is -2.96. The summed E-state index contributed by atoms with van der Waals surface area (Å²) >= 11 is 0. The van der Waals surface area contributed by atoms with Crippen LogP contribution in [0.4, 0.5) is 0 Å². The van der Waals surface area contributed by atoms with Gasteiger partial charge in [0.25, 0.3) is 0 Å². The highest BCUT2D eigenvalue weighted by atomic mass is 16.4. The predicted octanol–water partition coefficient (Wildman–Crippen LogP) is 2.24. The van der Waals surface area contributed by atoms with Gasteiger partial charge < -0.3 is 9.52 Å². The molecule has 2 aromatic heterocycles. The maximum absolute atomic E-state index is 10.8. The molecule has 1 aromatic carbocycles. The van der Waals surface area contributed by atoms with Crippen LogP contribution >= 0.6 is 0 Å². The molecule has 3 rings (SSSR count). The smallest absolute Gasteiger partial charge is 0.371 e. The number of hydrogen-bond acceptors (Lipinski definition) is 5. The van der Waals surface area contributed by atoms with Crippen LogP contribution in [0.15, 0.2) is 40.8 Å². The molecule has 0 spiro atoms. The quantitative estimate of drug-likeness (QED) is 0.776. The van der Waals surface area contributed by atoms with Crippen molar-refractivity contribution in [1.29, 1.82) is 0 Å². The normalized spacial score (nSPS) is 10.8. The van der Waals surface area contributed by atoms with E-state index >= 15 is 0 Å². The lowest BCUT2D eigenvalue weighted by Crippen LogP contribution is -2.04. The zero-order valence-corrected chi connectivity index (χ0v) is 11.9. The fourth-order valence-electron chi connectivity index (χ4n) is 2.13. The van der Waals surface area contributed by atoms with Crippen molar-refractivity contribution in [2.45, 2.75) is 19.9 Å². The Morgan fingerprint density at radius 3 is 2.64 bits per heavy atom. The largest absolute Gasteiger partial charge is 0.475 e. The Balaban J connectivity index is 1.86. The molecular formula is C15H14N4O3. The first-order valence-electron chi connectivity index (χ1n) is 6.85. The van der Waals surface area contributed by atoms with Crippen LogP contribution in [-0.2, 0) is 13.0 Å². The third-order valence-electron chi connectivity index (χ3n) is 3.33. The molecule has 0 radical (unpaired) electrons. The fraction of sp³-hybridized carbons (Fsp3) is 0.200. The van der Waals surface area contributed by atoms with Crippen molar-refractivity contribution < 1.29 is 14.3 Å². The van der Waals surface area contributed by atoms with E-state index in [0.717, 1.165) is 12.0 Å². The van der Waals surface area contributed by atoms with Gasteiger partial charge in [0.15, 0.2) is 5.82 Å². The number of hydrogen-bond donors (Lipinski definition) is 1. The Morgan fingerprint density at radius 1 is 1.23 bits per heavy atom. The topological polar surface area (TPSA) is 94.0 Å². The summed E-state index contributed by atoms with van der Waals surface area (Å²) in [5.74, 6) is -0.109. The van der Waals surface area contributed by atoms with Crippen molar-refractivity contribution in [3.8, 4) is 11.4 Å². The predicted molar refractivity (Wildman–Crippen MR) is 77.4 cm³/mol. The second-order valence-corrected chi connectivity index (χ2v) is 4.78. The zero-order chi connectivity index (χ0) is 15.5. The number of rotatable bonds is 5. The molecule has 0 aliphatic carbocycles. The lowest BCUT2D eigenvalue weighted by Gasteiger charge is -2.04. The summed E-state index contributed by atoms with van der Waals surface area (Å²) in [7, 11) is 0. The van der Waals surface area contributed by atoms with Crippen LogP contribution in [0.2, 0.25) is 0 Å². The van der Waals surface area contributed by atoms with Gasteiger partial charge in [0.2, 0.25) is 5.76 Å². The van der Waals surface area contributed by atoms with E-state index in [4.69, 9.17) is 9.52 Å². The summed E-state index contributed by atoms with van der Waals surface area (Å²) < 4.78 is 6.80. The number of nitrogens with zero attached hydrogens (tertiary/aromatic N) is 4. The Morgan fingerprint density at radius 2 is 2.00 bits per heavy atom. The molecule has 112 valence electrons. The number of tetrazole rings is 1. The molecule has 22 heavy (non-hydrogen) atoms. The Labute approximate surface area is 126 Å². The van der Waals surface area contributed by atoms with Crippen LogP contribution in [0, 0.1) is 0 Å². The third-order valence-corrected chi connectivity index (χ3v) is 3.33. The molecule has 0 aliphatic rings. The summed E-state index contributed by atoms with van der Waals surface area (Å²) in [5, 5.41) is 20.5. The lowest BCUT2D eigenvalue weighted by atomic mass is 10.1. The van der Waals surface area contributed by atoms with Gasteiger partial charge in [0, 0.05) is 5.56 Å². The van der Waals surface area contributed by atoms with Crippen molar-refractivity contribution in [1.82, 2.24) is 20.2 Å². The highest BCUT2D eigenvalue weighted by Gasteiger charge is 2.13. The van der Waals surface area contributed by atoms with Gasteiger partial charge >= 0.3 is 5.97 Å². The second-order valence-electron chi connectivity index (χ2n) is 4.78. The Kier molecular flexibility index (Phi) is 3.69. The molecule has 3 aromatic rings. The van der Waals surface area contributed by atoms with Crippen molar-refractivity contribution in [3.05, 3.63) is 53.5 Å². The number of carboxylic acid groups (broad SMARTS) is 1. The fourth-order valence-corrected chi connectivity index (χ4v) is 2.13. The summed E-state index contributed by atoms with van der Waals surface area (Å²) in [6.45, 7) is 2.36. The summed E-state index contributed by atoms with van der Waals surface area (Å²) in [6.07, 6.45) is 0.968. The van der Waals surface area contributed by atoms with Crippen LogP contribution in [-0.4, -0.2) is 31.3 Å². The molecular weight excluding hydrogens is 284 g/mol.